The van der Waals surface area contributed by atoms with Gasteiger partial charge in [-0.3, -0.25) is 14.9 Å². The summed E-state index contributed by atoms with van der Waals surface area (Å²) in [5.41, 5.74) is 2.01. The van der Waals surface area contributed by atoms with Gasteiger partial charge in [-0.1, -0.05) is 23.7 Å². The van der Waals surface area contributed by atoms with Crippen molar-refractivity contribution in [2.24, 2.45) is 0 Å². The third-order valence-corrected chi connectivity index (χ3v) is 5.02. The number of amides is 1. The van der Waals surface area contributed by atoms with Gasteiger partial charge in [0.2, 0.25) is 5.88 Å². The Bertz CT molecular complexity index is 1140. The maximum atomic E-state index is 13.1. The van der Waals surface area contributed by atoms with Crippen LogP contribution in [0.4, 0.5) is 10.1 Å². The normalized spacial score (nSPS) is 13.1. The molecule has 3 aromatic rings. The molecular formula is C21H15ClFN3O4. The fourth-order valence-corrected chi connectivity index (χ4v) is 3.44. The number of fused-ring (bicyclic) bond motifs is 1. The molecule has 0 bridgehead atoms. The van der Waals surface area contributed by atoms with E-state index in [2.05, 4.69) is 4.98 Å². The Hall–Kier alpha value is -3.52. The molecule has 1 aliphatic heterocycles. The average Bonchev–Trinajstić information content (AvgIpc) is 2.73. The molecule has 30 heavy (non-hydrogen) atoms. The van der Waals surface area contributed by atoms with E-state index in [1.165, 1.54) is 18.2 Å². The number of nitro groups is 1. The molecule has 2 heterocycles. The van der Waals surface area contributed by atoms with Crippen molar-refractivity contribution in [3.8, 4) is 11.6 Å². The summed E-state index contributed by atoms with van der Waals surface area (Å²) in [6, 6.07) is 12.3. The lowest BCUT2D eigenvalue weighted by molar-refractivity contribution is -0.385. The van der Waals surface area contributed by atoms with E-state index in [0.717, 1.165) is 17.3 Å². The standard InChI is InChI=1S/C21H15ClFN3O4/c22-19-10-16(26(28)29)11-24-20(19)30-17-5-6-18-14(9-17)7-8-25(21(18)27)12-13-1-3-15(23)4-2-13/h1-6,9-11H,7-8,12H2. The van der Waals surface area contributed by atoms with Crippen LogP contribution in [-0.4, -0.2) is 27.3 Å². The van der Waals surface area contributed by atoms with Gasteiger partial charge in [0, 0.05) is 24.7 Å². The summed E-state index contributed by atoms with van der Waals surface area (Å²) in [6.45, 7) is 0.919. The molecule has 0 radical (unpaired) electrons. The second-order valence-electron chi connectivity index (χ2n) is 6.76. The SMILES string of the molecule is O=C1c2ccc(Oc3ncc([N+](=O)[O-])cc3Cl)cc2CCN1Cc1ccc(F)cc1. The van der Waals surface area contributed by atoms with Crippen molar-refractivity contribution in [1.29, 1.82) is 0 Å². The lowest BCUT2D eigenvalue weighted by Crippen LogP contribution is -2.37. The lowest BCUT2D eigenvalue weighted by Gasteiger charge is -2.29. The number of ether oxygens (including phenoxy) is 1. The molecule has 0 atom stereocenters. The van der Waals surface area contributed by atoms with Crippen molar-refractivity contribution in [2.75, 3.05) is 6.54 Å². The number of hydrogen-bond acceptors (Lipinski definition) is 5. The molecule has 1 aliphatic rings. The maximum Gasteiger partial charge on any atom is 0.289 e. The van der Waals surface area contributed by atoms with Gasteiger partial charge in [-0.15, -0.1) is 0 Å². The molecular weight excluding hydrogens is 413 g/mol. The van der Waals surface area contributed by atoms with E-state index in [-0.39, 0.29) is 28.3 Å². The highest BCUT2D eigenvalue weighted by Crippen LogP contribution is 2.32. The maximum absolute atomic E-state index is 13.1. The Kier molecular flexibility index (Phi) is 5.33. The fraction of sp³-hybridized carbons (Fsp3) is 0.143. The quantitative estimate of drug-likeness (QED) is 0.432. The molecule has 0 fully saturated rings. The van der Waals surface area contributed by atoms with E-state index in [0.29, 0.717) is 30.8 Å². The average molecular weight is 428 g/mol. The van der Waals surface area contributed by atoms with Gasteiger partial charge < -0.3 is 9.64 Å². The highest BCUT2D eigenvalue weighted by Gasteiger charge is 2.25. The van der Waals surface area contributed by atoms with Crippen LogP contribution in [0.1, 0.15) is 21.5 Å². The summed E-state index contributed by atoms with van der Waals surface area (Å²) in [7, 11) is 0. The van der Waals surface area contributed by atoms with Crippen molar-refractivity contribution >= 4 is 23.2 Å². The summed E-state index contributed by atoms with van der Waals surface area (Å²) in [6.07, 6.45) is 1.69. The predicted molar refractivity (Wildman–Crippen MR) is 107 cm³/mol. The topological polar surface area (TPSA) is 85.6 Å². The number of rotatable bonds is 5. The van der Waals surface area contributed by atoms with E-state index in [1.54, 1.807) is 35.2 Å². The first-order valence-corrected chi connectivity index (χ1v) is 9.43. The van der Waals surface area contributed by atoms with Gasteiger partial charge in [-0.25, -0.2) is 9.37 Å². The number of aromatic nitrogens is 1. The monoisotopic (exact) mass is 427 g/mol. The third kappa shape index (κ3) is 4.08. The molecule has 152 valence electrons. The van der Waals surface area contributed by atoms with E-state index in [1.807, 2.05) is 0 Å². The number of halogens is 2. The van der Waals surface area contributed by atoms with E-state index >= 15 is 0 Å². The predicted octanol–water partition coefficient (Wildman–Crippen LogP) is 4.77. The van der Waals surface area contributed by atoms with Crippen molar-refractivity contribution in [3.05, 3.63) is 92.4 Å². The molecule has 0 saturated heterocycles. The first-order chi connectivity index (χ1) is 14.4. The molecule has 0 unspecified atom stereocenters. The van der Waals surface area contributed by atoms with Gasteiger partial charge in [0.15, 0.2) is 0 Å². The number of benzene rings is 2. The van der Waals surface area contributed by atoms with Gasteiger partial charge in [-0.05, 0) is 47.9 Å². The molecule has 7 nitrogen and oxygen atoms in total. The minimum Gasteiger partial charge on any atom is -0.438 e. The third-order valence-electron chi connectivity index (χ3n) is 4.75. The molecule has 4 rings (SSSR count). The van der Waals surface area contributed by atoms with E-state index < -0.39 is 4.92 Å². The van der Waals surface area contributed by atoms with Crippen molar-refractivity contribution in [2.45, 2.75) is 13.0 Å². The van der Waals surface area contributed by atoms with Gasteiger partial charge in [0.05, 0.1) is 4.92 Å². The first-order valence-electron chi connectivity index (χ1n) is 9.05. The summed E-state index contributed by atoms with van der Waals surface area (Å²) in [5, 5.41) is 10.8. The van der Waals surface area contributed by atoms with E-state index in [9.17, 15) is 19.3 Å². The van der Waals surface area contributed by atoms with Crippen LogP contribution in [0.5, 0.6) is 11.6 Å². The van der Waals surface area contributed by atoms with Crippen molar-refractivity contribution < 1.29 is 18.8 Å². The van der Waals surface area contributed by atoms with Crippen LogP contribution in [-0.2, 0) is 13.0 Å². The summed E-state index contributed by atoms with van der Waals surface area (Å²) in [4.78, 5) is 28.6. The molecule has 9 heteroatoms. The molecule has 0 saturated carbocycles. The Morgan fingerprint density at radius 3 is 2.67 bits per heavy atom. The summed E-state index contributed by atoms with van der Waals surface area (Å²) < 4.78 is 18.7. The lowest BCUT2D eigenvalue weighted by atomic mass is 9.98. The Morgan fingerprint density at radius 1 is 1.20 bits per heavy atom. The zero-order valence-corrected chi connectivity index (χ0v) is 16.3. The van der Waals surface area contributed by atoms with Crippen molar-refractivity contribution in [1.82, 2.24) is 9.88 Å². The largest absolute Gasteiger partial charge is 0.438 e. The van der Waals surface area contributed by atoms with Crippen molar-refractivity contribution in [3.63, 3.8) is 0 Å². The second-order valence-corrected chi connectivity index (χ2v) is 7.17. The minimum atomic E-state index is -0.592. The van der Waals surface area contributed by atoms with E-state index in [4.69, 9.17) is 16.3 Å². The zero-order valence-electron chi connectivity index (χ0n) is 15.5. The van der Waals surface area contributed by atoms with Crippen LogP contribution in [0.15, 0.2) is 54.7 Å². The molecule has 2 aromatic carbocycles. The van der Waals surface area contributed by atoms with Gasteiger partial charge in [0.25, 0.3) is 11.6 Å². The van der Waals surface area contributed by atoms with Crippen LogP contribution >= 0.6 is 11.6 Å². The van der Waals surface area contributed by atoms with Crippen LogP contribution in [0.2, 0.25) is 5.02 Å². The highest BCUT2D eigenvalue weighted by molar-refractivity contribution is 6.32. The Labute approximate surface area is 175 Å². The molecule has 1 aromatic heterocycles. The number of carbonyl (C=O) groups excluding carboxylic acids is 1. The fourth-order valence-electron chi connectivity index (χ4n) is 3.24. The Morgan fingerprint density at radius 2 is 1.97 bits per heavy atom. The highest BCUT2D eigenvalue weighted by atomic mass is 35.5. The van der Waals surface area contributed by atoms with Gasteiger partial charge >= 0.3 is 0 Å². The zero-order chi connectivity index (χ0) is 21.3. The Balaban J connectivity index is 1.50. The van der Waals surface area contributed by atoms with Crippen LogP contribution in [0.25, 0.3) is 0 Å². The van der Waals surface area contributed by atoms with Gasteiger partial charge in [-0.2, -0.15) is 0 Å². The smallest absolute Gasteiger partial charge is 0.289 e. The van der Waals surface area contributed by atoms with Crippen LogP contribution in [0.3, 0.4) is 0 Å². The number of nitrogens with zero attached hydrogens (tertiary/aromatic N) is 3. The van der Waals surface area contributed by atoms with Crippen LogP contribution < -0.4 is 4.74 Å². The molecule has 0 aliphatic carbocycles. The summed E-state index contributed by atoms with van der Waals surface area (Å²) >= 11 is 6.02. The summed E-state index contributed by atoms with van der Waals surface area (Å²) in [5.74, 6) is 0.0434. The molecule has 0 N–H and O–H groups in total. The van der Waals surface area contributed by atoms with Gasteiger partial charge in [0.1, 0.15) is 22.8 Å². The second kappa shape index (κ2) is 8.08. The van der Waals surface area contributed by atoms with Crippen LogP contribution in [0, 0.1) is 15.9 Å². The molecule has 1 amide bonds. The first kappa shape index (κ1) is 19.8. The molecule has 0 spiro atoms. The minimum absolute atomic E-state index is 0.0171. The number of pyridine rings is 1. The number of hydrogen-bond donors (Lipinski definition) is 0. The number of carbonyl (C=O) groups is 1.